The van der Waals surface area contributed by atoms with Crippen LogP contribution in [0.5, 0.6) is 0 Å². The molecule has 1 saturated carbocycles. The average Bonchev–Trinajstić information content (AvgIpc) is 3.02. The van der Waals surface area contributed by atoms with Crippen molar-refractivity contribution in [3.05, 3.63) is 64.9 Å². The first kappa shape index (κ1) is 16.9. The maximum absolute atomic E-state index is 12.9. The molecule has 1 amide bonds. The fraction of sp³-hybridized carbons (Fsp3) is 0.368. The van der Waals surface area contributed by atoms with Crippen LogP contribution in [0.1, 0.15) is 41.6 Å². The fourth-order valence-corrected chi connectivity index (χ4v) is 3.35. The molecule has 0 atom stereocenters. The van der Waals surface area contributed by atoms with Gasteiger partial charge in [-0.3, -0.25) is 4.79 Å². The van der Waals surface area contributed by atoms with Crippen LogP contribution in [-0.2, 0) is 6.54 Å². The molecular formula is C19H21ClN2O2. The highest BCUT2D eigenvalue weighted by Gasteiger charge is 2.34. The van der Waals surface area contributed by atoms with Gasteiger partial charge in [-0.1, -0.05) is 54.8 Å². The van der Waals surface area contributed by atoms with E-state index in [1.165, 1.54) is 6.20 Å². The molecule has 1 heterocycles. The summed E-state index contributed by atoms with van der Waals surface area (Å²) in [5.74, 6) is -0.136. The van der Waals surface area contributed by atoms with Crippen LogP contribution in [0, 0.1) is 0 Å². The van der Waals surface area contributed by atoms with Gasteiger partial charge in [0.25, 0.3) is 5.91 Å². The molecule has 0 spiro atoms. The molecule has 1 aromatic heterocycles. The lowest BCUT2D eigenvalue weighted by atomic mass is 10.0. The predicted molar refractivity (Wildman–Crippen MR) is 93.8 cm³/mol. The molecule has 2 aromatic rings. The van der Waals surface area contributed by atoms with Crippen LogP contribution >= 0.6 is 11.6 Å². The molecule has 126 valence electrons. The summed E-state index contributed by atoms with van der Waals surface area (Å²) >= 11 is 5.81. The summed E-state index contributed by atoms with van der Waals surface area (Å²) in [5.41, 5.74) is 0.732. The molecular weight excluding hydrogens is 324 g/mol. The Morgan fingerprint density at radius 2 is 1.88 bits per heavy atom. The van der Waals surface area contributed by atoms with Crippen molar-refractivity contribution in [2.75, 3.05) is 6.54 Å². The van der Waals surface area contributed by atoms with Gasteiger partial charge in [0, 0.05) is 12.7 Å². The summed E-state index contributed by atoms with van der Waals surface area (Å²) in [6.07, 6.45) is 4.98. The van der Waals surface area contributed by atoms with Gasteiger partial charge in [0.15, 0.2) is 0 Å². The summed E-state index contributed by atoms with van der Waals surface area (Å²) in [6.45, 7) is 0.800. The van der Waals surface area contributed by atoms with Crippen molar-refractivity contribution < 1.29 is 9.90 Å². The van der Waals surface area contributed by atoms with E-state index in [4.69, 9.17) is 11.6 Å². The molecule has 0 saturated heterocycles. The van der Waals surface area contributed by atoms with Gasteiger partial charge in [0.05, 0.1) is 17.7 Å². The average molecular weight is 345 g/mol. The van der Waals surface area contributed by atoms with E-state index >= 15 is 0 Å². The minimum Gasteiger partial charge on any atom is -0.388 e. The first-order valence-corrected chi connectivity index (χ1v) is 8.61. The lowest BCUT2D eigenvalue weighted by molar-refractivity contribution is 0.00784. The highest BCUT2D eigenvalue weighted by atomic mass is 35.5. The van der Waals surface area contributed by atoms with Crippen molar-refractivity contribution in [2.24, 2.45) is 0 Å². The number of aliphatic hydroxyl groups is 1. The van der Waals surface area contributed by atoms with Gasteiger partial charge < -0.3 is 10.0 Å². The highest BCUT2D eigenvalue weighted by molar-refractivity contribution is 6.29. The van der Waals surface area contributed by atoms with Crippen LogP contribution in [0.4, 0.5) is 0 Å². The van der Waals surface area contributed by atoms with Gasteiger partial charge in [0.2, 0.25) is 0 Å². The first-order valence-electron chi connectivity index (χ1n) is 8.23. The number of nitrogens with zero attached hydrogens (tertiary/aromatic N) is 2. The van der Waals surface area contributed by atoms with Gasteiger partial charge >= 0.3 is 0 Å². The van der Waals surface area contributed by atoms with Gasteiger partial charge in [-0.05, 0) is 30.5 Å². The zero-order chi connectivity index (χ0) is 17.0. The summed E-state index contributed by atoms with van der Waals surface area (Å²) in [4.78, 5) is 18.6. The Morgan fingerprint density at radius 1 is 1.17 bits per heavy atom. The van der Waals surface area contributed by atoms with E-state index in [1.54, 1.807) is 17.0 Å². The van der Waals surface area contributed by atoms with Crippen LogP contribution in [0.3, 0.4) is 0 Å². The second-order valence-corrected chi connectivity index (χ2v) is 6.84. The standard InChI is InChI=1S/C19H21ClN2O2/c20-17-9-8-16(12-21-17)18(23)22(13-15-6-2-1-3-7-15)14-19(24)10-4-5-11-19/h1-3,6-9,12,24H,4-5,10-11,13-14H2. The Balaban J connectivity index is 1.82. The number of aromatic nitrogens is 1. The van der Waals surface area contributed by atoms with Crippen LogP contribution < -0.4 is 0 Å². The lowest BCUT2D eigenvalue weighted by Gasteiger charge is -2.31. The molecule has 0 unspecified atom stereocenters. The third-order valence-corrected chi connectivity index (χ3v) is 4.72. The molecule has 0 radical (unpaired) electrons. The molecule has 1 aliphatic rings. The summed E-state index contributed by atoms with van der Waals surface area (Å²) in [7, 11) is 0. The molecule has 5 heteroatoms. The minimum absolute atomic E-state index is 0.136. The van der Waals surface area contributed by atoms with Gasteiger partial charge in [-0.25, -0.2) is 4.98 Å². The number of pyridine rings is 1. The smallest absolute Gasteiger partial charge is 0.255 e. The van der Waals surface area contributed by atoms with Gasteiger partial charge in [-0.2, -0.15) is 0 Å². The molecule has 0 aliphatic heterocycles. The Labute approximate surface area is 147 Å². The molecule has 24 heavy (non-hydrogen) atoms. The molecule has 1 fully saturated rings. The fourth-order valence-electron chi connectivity index (χ4n) is 3.23. The van der Waals surface area contributed by atoms with Crippen LogP contribution in [0.25, 0.3) is 0 Å². The van der Waals surface area contributed by atoms with E-state index in [9.17, 15) is 9.90 Å². The molecule has 1 aromatic carbocycles. The normalized spacial score (nSPS) is 16.1. The van der Waals surface area contributed by atoms with Crippen molar-refractivity contribution in [1.29, 1.82) is 0 Å². The molecule has 0 bridgehead atoms. The van der Waals surface area contributed by atoms with Gasteiger partial charge in [0.1, 0.15) is 5.15 Å². The Kier molecular flexibility index (Phi) is 5.17. The predicted octanol–water partition coefficient (Wildman–Crippen LogP) is 3.68. The molecule has 4 nitrogen and oxygen atoms in total. The number of hydrogen-bond acceptors (Lipinski definition) is 3. The van der Waals surface area contributed by atoms with E-state index in [0.717, 1.165) is 31.2 Å². The molecule has 3 rings (SSSR count). The number of carbonyl (C=O) groups is 1. The maximum Gasteiger partial charge on any atom is 0.255 e. The Bertz CT molecular complexity index is 682. The number of halogens is 1. The monoisotopic (exact) mass is 344 g/mol. The number of carbonyl (C=O) groups excluding carboxylic acids is 1. The van der Waals surface area contributed by atoms with E-state index in [-0.39, 0.29) is 5.91 Å². The largest absolute Gasteiger partial charge is 0.388 e. The second-order valence-electron chi connectivity index (χ2n) is 6.45. The molecule has 1 aliphatic carbocycles. The summed E-state index contributed by atoms with van der Waals surface area (Å²) in [6, 6.07) is 13.1. The molecule has 1 N–H and O–H groups in total. The lowest BCUT2D eigenvalue weighted by Crippen LogP contribution is -2.43. The van der Waals surface area contributed by atoms with E-state index < -0.39 is 5.60 Å². The van der Waals surface area contributed by atoms with Crippen LogP contribution in [0.15, 0.2) is 48.7 Å². The van der Waals surface area contributed by atoms with Crippen LogP contribution in [-0.4, -0.2) is 33.0 Å². The van der Waals surface area contributed by atoms with E-state index in [2.05, 4.69) is 4.98 Å². The maximum atomic E-state index is 12.9. The van der Waals surface area contributed by atoms with Crippen molar-refractivity contribution in [3.8, 4) is 0 Å². The third-order valence-electron chi connectivity index (χ3n) is 4.50. The summed E-state index contributed by atoms with van der Waals surface area (Å²) < 4.78 is 0. The number of hydrogen-bond donors (Lipinski definition) is 1. The minimum atomic E-state index is -0.787. The number of benzene rings is 1. The Morgan fingerprint density at radius 3 is 2.50 bits per heavy atom. The number of amides is 1. The van der Waals surface area contributed by atoms with Crippen molar-refractivity contribution >= 4 is 17.5 Å². The third kappa shape index (κ3) is 4.13. The van der Waals surface area contributed by atoms with Crippen molar-refractivity contribution in [2.45, 2.75) is 37.8 Å². The van der Waals surface area contributed by atoms with Crippen molar-refractivity contribution in [3.63, 3.8) is 0 Å². The summed E-state index contributed by atoms with van der Waals surface area (Å²) in [5, 5.41) is 11.1. The van der Waals surface area contributed by atoms with Crippen molar-refractivity contribution in [1.82, 2.24) is 9.88 Å². The first-order chi connectivity index (χ1) is 11.6. The Hall–Kier alpha value is -1.91. The zero-order valence-electron chi connectivity index (χ0n) is 13.5. The second kappa shape index (κ2) is 7.32. The van der Waals surface area contributed by atoms with Gasteiger partial charge in [-0.15, -0.1) is 0 Å². The van der Waals surface area contributed by atoms with E-state index in [0.29, 0.717) is 23.8 Å². The SMILES string of the molecule is O=C(c1ccc(Cl)nc1)N(Cc1ccccc1)CC1(O)CCCC1. The topological polar surface area (TPSA) is 53.4 Å². The number of rotatable bonds is 5. The zero-order valence-corrected chi connectivity index (χ0v) is 14.2. The quantitative estimate of drug-likeness (QED) is 0.842. The highest BCUT2D eigenvalue weighted by Crippen LogP contribution is 2.31. The van der Waals surface area contributed by atoms with E-state index in [1.807, 2.05) is 30.3 Å². The van der Waals surface area contributed by atoms with Crippen LogP contribution in [0.2, 0.25) is 5.15 Å².